The number of carbonyl (C=O) groups is 4. The standard InChI is InChI=1S/C36H32N2O7/c1-21(37-35(41)43-19-31-27-15-7-3-11-23(27)24-12-4-8-16-28(24)31)33(39)45-34(40)22(2)38-36(42)44-20-32-29-17-9-5-13-25(29)26-14-6-10-18-30(26)32/h3-18,21-22,31-32H,19-20H2,1-2H3,(H,37,41)(H,38,42)/t21-,22-/m0/s1. The van der Waals surface area contributed by atoms with Crippen LogP contribution in [0.15, 0.2) is 97.1 Å². The maximum Gasteiger partial charge on any atom is 0.407 e. The van der Waals surface area contributed by atoms with E-state index in [2.05, 4.69) is 10.6 Å². The van der Waals surface area contributed by atoms with Crippen LogP contribution in [0.5, 0.6) is 0 Å². The van der Waals surface area contributed by atoms with Crippen LogP contribution >= 0.6 is 0 Å². The van der Waals surface area contributed by atoms with Gasteiger partial charge in [0.05, 0.1) is 0 Å². The van der Waals surface area contributed by atoms with Gasteiger partial charge in [0.1, 0.15) is 25.3 Å². The van der Waals surface area contributed by atoms with Crippen LogP contribution in [0, 0.1) is 0 Å². The number of carbonyl (C=O) groups excluding carboxylic acids is 4. The minimum Gasteiger partial charge on any atom is -0.449 e. The van der Waals surface area contributed by atoms with Crippen molar-refractivity contribution in [3.05, 3.63) is 119 Å². The third kappa shape index (κ3) is 6.02. The number of ether oxygens (including phenoxy) is 3. The summed E-state index contributed by atoms with van der Waals surface area (Å²) >= 11 is 0. The molecule has 9 nitrogen and oxygen atoms in total. The van der Waals surface area contributed by atoms with Gasteiger partial charge in [0.15, 0.2) is 0 Å². The van der Waals surface area contributed by atoms with Crippen LogP contribution in [0.3, 0.4) is 0 Å². The Morgan fingerprint density at radius 2 is 0.822 bits per heavy atom. The van der Waals surface area contributed by atoms with Crippen molar-refractivity contribution in [2.45, 2.75) is 37.8 Å². The maximum absolute atomic E-state index is 12.5. The summed E-state index contributed by atoms with van der Waals surface area (Å²) < 4.78 is 15.8. The van der Waals surface area contributed by atoms with Crippen molar-refractivity contribution >= 4 is 24.1 Å². The number of hydrogen-bond donors (Lipinski definition) is 2. The van der Waals surface area contributed by atoms with E-state index in [1.54, 1.807) is 0 Å². The summed E-state index contributed by atoms with van der Waals surface area (Å²) in [5.41, 5.74) is 8.61. The smallest absolute Gasteiger partial charge is 0.407 e. The Hall–Kier alpha value is -5.44. The summed E-state index contributed by atoms with van der Waals surface area (Å²) in [5.74, 6) is -2.27. The van der Waals surface area contributed by atoms with Gasteiger partial charge in [-0.25, -0.2) is 19.2 Å². The molecular formula is C36H32N2O7. The molecule has 2 N–H and O–H groups in total. The highest BCUT2D eigenvalue weighted by atomic mass is 16.6. The Kier molecular flexibility index (Phi) is 8.33. The van der Waals surface area contributed by atoms with E-state index in [0.29, 0.717) is 0 Å². The molecule has 0 aliphatic heterocycles. The predicted octanol–water partition coefficient (Wildman–Crippen LogP) is 5.91. The van der Waals surface area contributed by atoms with Crippen molar-refractivity contribution < 1.29 is 33.4 Å². The van der Waals surface area contributed by atoms with Crippen LogP contribution in [-0.4, -0.2) is 49.4 Å². The molecule has 0 saturated heterocycles. The molecule has 0 saturated carbocycles. The van der Waals surface area contributed by atoms with Crippen molar-refractivity contribution in [2.75, 3.05) is 13.2 Å². The molecule has 45 heavy (non-hydrogen) atoms. The highest BCUT2D eigenvalue weighted by Gasteiger charge is 2.31. The van der Waals surface area contributed by atoms with Crippen LogP contribution in [0.4, 0.5) is 9.59 Å². The molecule has 0 heterocycles. The van der Waals surface area contributed by atoms with Crippen molar-refractivity contribution in [1.82, 2.24) is 10.6 Å². The first-order valence-corrected chi connectivity index (χ1v) is 14.8. The molecule has 0 fully saturated rings. The summed E-state index contributed by atoms with van der Waals surface area (Å²) in [6.07, 6.45) is -1.64. The van der Waals surface area contributed by atoms with Gasteiger partial charge in [-0.2, -0.15) is 0 Å². The Balaban J connectivity index is 0.960. The van der Waals surface area contributed by atoms with E-state index in [1.807, 2.05) is 97.1 Å². The minimum absolute atomic E-state index is 0.0711. The minimum atomic E-state index is -1.17. The predicted molar refractivity (Wildman–Crippen MR) is 166 cm³/mol. The first kappa shape index (κ1) is 29.6. The second-order valence-corrected chi connectivity index (χ2v) is 11.1. The first-order valence-electron chi connectivity index (χ1n) is 14.8. The molecule has 0 unspecified atom stereocenters. The van der Waals surface area contributed by atoms with Gasteiger partial charge in [-0.3, -0.25) is 0 Å². The molecule has 0 spiro atoms. The molecule has 9 heteroatoms. The van der Waals surface area contributed by atoms with Crippen LogP contribution < -0.4 is 10.6 Å². The zero-order valence-corrected chi connectivity index (χ0v) is 24.8. The van der Waals surface area contributed by atoms with Gasteiger partial charge in [-0.15, -0.1) is 0 Å². The molecule has 6 rings (SSSR count). The fourth-order valence-electron chi connectivity index (χ4n) is 6.03. The molecule has 0 aromatic heterocycles. The molecule has 4 aromatic carbocycles. The zero-order valence-electron chi connectivity index (χ0n) is 24.8. The fourth-order valence-corrected chi connectivity index (χ4v) is 6.03. The summed E-state index contributed by atoms with van der Waals surface area (Å²) in [6, 6.07) is 29.4. The summed E-state index contributed by atoms with van der Waals surface area (Å²) in [6.45, 7) is 2.89. The van der Waals surface area contributed by atoms with E-state index >= 15 is 0 Å². The van der Waals surface area contributed by atoms with E-state index in [9.17, 15) is 19.2 Å². The highest BCUT2D eigenvalue weighted by molar-refractivity contribution is 5.93. The third-order valence-electron chi connectivity index (χ3n) is 8.26. The number of nitrogens with one attached hydrogen (secondary N) is 2. The lowest BCUT2D eigenvalue weighted by atomic mass is 9.98. The van der Waals surface area contributed by atoms with Crippen molar-refractivity contribution in [3.63, 3.8) is 0 Å². The second kappa shape index (κ2) is 12.7. The molecule has 2 aliphatic rings. The summed E-state index contributed by atoms with van der Waals surface area (Å²) in [7, 11) is 0. The lowest BCUT2D eigenvalue weighted by molar-refractivity contribution is -0.162. The van der Waals surface area contributed by atoms with Gasteiger partial charge < -0.3 is 24.8 Å². The molecule has 0 bridgehead atoms. The first-order chi connectivity index (χ1) is 21.8. The molecule has 2 atom stereocenters. The Labute approximate surface area is 260 Å². The van der Waals surface area contributed by atoms with Gasteiger partial charge in [-0.05, 0) is 58.4 Å². The van der Waals surface area contributed by atoms with Crippen molar-refractivity contribution in [2.24, 2.45) is 0 Å². The van der Waals surface area contributed by atoms with E-state index < -0.39 is 36.2 Å². The van der Waals surface area contributed by atoms with Gasteiger partial charge in [0.25, 0.3) is 0 Å². The SMILES string of the molecule is C[C@H](NC(=O)OCC1c2ccccc2-c2ccccc21)C(=O)OC(=O)[C@H](C)NC(=O)OCC1c2ccccc2-c2ccccc21. The summed E-state index contributed by atoms with van der Waals surface area (Å²) in [4.78, 5) is 50.2. The van der Waals surface area contributed by atoms with Crippen molar-refractivity contribution in [1.29, 1.82) is 0 Å². The Bertz CT molecular complexity index is 1560. The van der Waals surface area contributed by atoms with Crippen molar-refractivity contribution in [3.8, 4) is 22.3 Å². The van der Waals surface area contributed by atoms with Crippen LogP contribution in [0.2, 0.25) is 0 Å². The van der Waals surface area contributed by atoms with E-state index in [1.165, 1.54) is 13.8 Å². The number of benzene rings is 4. The molecular weight excluding hydrogens is 572 g/mol. The fraction of sp³-hybridized carbons (Fsp3) is 0.222. The van der Waals surface area contributed by atoms with Gasteiger partial charge in [0.2, 0.25) is 0 Å². The van der Waals surface area contributed by atoms with E-state index in [4.69, 9.17) is 14.2 Å². The van der Waals surface area contributed by atoms with Gasteiger partial charge in [-0.1, -0.05) is 97.1 Å². The average molecular weight is 605 g/mol. The zero-order chi connectivity index (χ0) is 31.5. The number of rotatable bonds is 8. The number of hydrogen-bond acceptors (Lipinski definition) is 7. The van der Waals surface area contributed by atoms with E-state index in [0.717, 1.165) is 44.5 Å². The lowest BCUT2D eigenvalue weighted by Crippen LogP contribution is -2.45. The number of alkyl carbamates (subject to hydrolysis) is 2. The molecule has 2 amide bonds. The maximum atomic E-state index is 12.5. The largest absolute Gasteiger partial charge is 0.449 e. The van der Waals surface area contributed by atoms with Gasteiger partial charge in [0, 0.05) is 11.8 Å². The monoisotopic (exact) mass is 604 g/mol. The van der Waals surface area contributed by atoms with Gasteiger partial charge >= 0.3 is 24.1 Å². The second-order valence-electron chi connectivity index (χ2n) is 11.1. The molecule has 228 valence electrons. The molecule has 0 radical (unpaired) electrons. The molecule has 2 aliphatic carbocycles. The lowest BCUT2D eigenvalue weighted by Gasteiger charge is -2.18. The summed E-state index contributed by atoms with van der Waals surface area (Å²) in [5, 5.41) is 4.81. The highest BCUT2D eigenvalue weighted by Crippen LogP contribution is 2.45. The topological polar surface area (TPSA) is 120 Å². The third-order valence-corrected chi connectivity index (χ3v) is 8.26. The number of esters is 2. The van der Waals surface area contributed by atoms with E-state index in [-0.39, 0.29) is 25.0 Å². The quantitative estimate of drug-likeness (QED) is 0.146. The number of fused-ring (bicyclic) bond motifs is 6. The Morgan fingerprint density at radius 1 is 0.533 bits per heavy atom. The number of amides is 2. The Morgan fingerprint density at radius 3 is 1.13 bits per heavy atom. The van der Waals surface area contributed by atoms with Crippen LogP contribution in [0.25, 0.3) is 22.3 Å². The normalized spacial score (nSPS) is 14.2. The molecule has 4 aromatic rings. The van der Waals surface area contributed by atoms with Crippen LogP contribution in [0.1, 0.15) is 47.9 Å². The average Bonchev–Trinajstić information content (AvgIpc) is 3.55. The van der Waals surface area contributed by atoms with Crippen LogP contribution in [-0.2, 0) is 23.8 Å².